The molecular weight excluding hydrogens is 305 g/mol. The Labute approximate surface area is 125 Å². The zero-order valence-electron chi connectivity index (χ0n) is 10.4. The molecule has 1 unspecified atom stereocenters. The minimum Gasteiger partial charge on any atom is -0.306 e. The molecule has 1 aromatic carbocycles. The number of carbonyl (C=O) groups is 3. The molecule has 20 heavy (non-hydrogen) atoms. The number of rotatable bonds is 1. The van der Waals surface area contributed by atoms with E-state index in [0.717, 1.165) is 4.90 Å². The molecule has 6 nitrogen and oxygen atoms in total. The standard InChI is InChI=1S/C12H11Cl2N3O3/c1-6-11(19)16-10(18)5-17(6)12(20)15-9-4-7(13)2-3-8(9)14/h2-4,6H,5H2,1H3,(H,15,20)(H,16,18,19). The summed E-state index contributed by atoms with van der Waals surface area (Å²) < 4.78 is 0. The van der Waals surface area contributed by atoms with Gasteiger partial charge in [-0.2, -0.15) is 0 Å². The van der Waals surface area contributed by atoms with Gasteiger partial charge in [0.1, 0.15) is 12.6 Å². The van der Waals surface area contributed by atoms with Gasteiger partial charge in [0.05, 0.1) is 10.7 Å². The molecule has 8 heteroatoms. The Bertz CT molecular complexity index is 591. The van der Waals surface area contributed by atoms with Gasteiger partial charge in [-0.15, -0.1) is 0 Å². The molecule has 0 radical (unpaired) electrons. The van der Waals surface area contributed by atoms with Gasteiger partial charge in [-0.25, -0.2) is 4.79 Å². The van der Waals surface area contributed by atoms with Gasteiger partial charge in [0.2, 0.25) is 11.8 Å². The first-order valence-electron chi connectivity index (χ1n) is 5.75. The molecule has 1 aliphatic rings. The lowest BCUT2D eigenvalue weighted by Crippen LogP contribution is -2.59. The van der Waals surface area contributed by atoms with Crippen LogP contribution in [0.15, 0.2) is 18.2 Å². The number of hydrogen-bond donors (Lipinski definition) is 2. The van der Waals surface area contributed by atoms with Gasteiger partial charge in [-0.3, -0.25) is 14.9 Å². The van der Waals surface area contributed by atoms with Crippen molar-refractivity contribution in [3.8, 4) is 0 Å². The average molecular weight is 316 g/mol. The molecule has 4 amide bonds. The van der Waals surface area contributed by atoms with Crippen molar-refractivity contribution >= 4 is 46.7 Å². The number of benzene rings is 1. The van der Waals surface area contributed by atoms with E-state index in [1.807, 2.05) is 0 Å². The number of anilines is 1. The summed E-state index contributed by atoms with van der Waals surface area (Å²) in [5.74, 6) is -1.05. The molecule has 2 N–H and O–H groups in total. The number of amides is 4. The number of imide groups is 1. The third-order valence-electron chi connectivity index (χ3n) is 2.85. The molecule has 0 spiro atoms. The Hall–Kier alpha value is -1.79. The van der Waals surface area contributed by atoms with Crippen LogP contribution in [0.3, 0.4) is 0 Å². The Balaban J connectivity index is 2.17. The fourth-order valence-corrected chi connectivity index (χ4v) is 2.08. The van der Waals surface area contributed by atoms with Gasteiger partial charge in [0.15, 0.2) is 0 Å². The largest absolute Gasteiger partial charge is 0.323 e. The highest BCUT2D eigenvalue weighted by molar-refractivity contribution is 6.35. The third kappa shape index (κ3) is 3.02. The van der Waals surface area contributed by atoms with E-state index in [1.54, 1.807) is 6.07 Å². The van der Waals surface area contributed by atoms with Crippen molar-refractivity contribution < 1.29 is 14.4 Å². The van der Waals surface area contributed by atoms with E-state index in [-0.39, 0.29) is 6.54 Å². The highest BCUT2D eigenvalue weighted by Gasteiger charge is 2.33. The molecule has 0 aliphatic carbocycles. The van der Waals surface area contributed by atoms with E-state index in [1.165, 1.54) is 19.1 Å². The first kappa shape index (κ1) is 14.6. The van der Waals surface area contributed by atoms with Crippen LogP contribution in [0.5, 0.6) is 0 Å². The zero-order valence-corrected chi connectivity index (χ0v) is 12.0. The van der Waals surface area contributed by atoms with Crippen molar-refractivity contribution in [2.45, 2.75) is 13.0 Å². The molecule has 1 heterocycles. The van der Waals surface area contributed by atoms with Crippen LogP contribution in [0.2, 0.25) is 10.0 Å². The van der Waals surface area contributed by atoms with Crippen LogP contribution >= 0.6 is 23.2 Å². The van der Waals surface area contributed by atoms with Crippen molar-refractivity contribution in [1.82, 2.24) is 10.2 Å². The van der Waals surface area contributed by atoms with Crippen molar-refractivity contribution in [2.24, 2.45) is 0 Å². The van der Waals surface area contributed by atoms with Gasteiger partial charge in [-0.05, 0) is 25.1 Å². The molecular formula is C12H11Cl2N3O3. The molecule has 0 bridgehead atoms. The van der Waals surface area contributed by atoms with Crippen LogP contribution < -0.4 is 10.6 Å². The minimum atomic E-state index is -0.745. The average Bonchev–Trinajstić information content (AvgIpc) is 2.38. The van der Waals surface area contributed by atoms with E-state index in [4.69, 9.17) is 23.2 Å². The van der Waals surface area contributed by atoms with E-state index < -0.39 is 23.9 Å². The first-order chi connectivity index (χ1) is 9.38. The maximum atomic E-state index is 12.1. The van der Waals surface area contributed by atoms with E-state index >= 15 is 0 Å². The molecule has 0 aromatic heterocycles. The number of nitrogens with one attached hydrogen (secondary N) is 2. The zero-order chi connectivity index (χ0) is 14.9. The topological polar surface area (TPSA) is 78.5 Å². The first-order valence-corrected chi connectivity index (χ1v) is 6.50. The number of piperazine rings is 1. The monoisotopic (exact) mass is 315 g/mol. The smallest absolute Gasteiger partial charge is 0.306 e. The van der Waals surface area contributed by atoms with Gasteiger partial charge in [0.25, 0.3) is 0 Å². The van der Waals surface area contributed by atoms with Crippen molar-refractivity contribution in [3.63, 3.8) is 0 Å². The number of nitrogens with zero attached hydrogens (tertiary/aromatic N) is 1. The number of carbonyl (C=O) groups excluding carboxylic acids is 3. The molecule has 0 saturated carbocycles. The van der Waals surface area contributed by atoms with Crippen molar-refractivity contribution in [1.29, 1.82) is 0 Å². The van der Waals surface area contributed by atoms with Crippen LogP contribution in [0.1, 0.15) is 6.92 Å². The van der Waals surface area contributed by atoms with Gasteiger partial charge in [0, 0.05) is 5.02 Å². The summed E-state index contributed by atoms with van der Waals surface area (Å²) in [4.78, 5) is 36.0. The molecule has 106 valence electrons. The van der Waals surface area contributed by atoms with Crippen LogP contribution in [0.4, 0.5) is 10.5 Å². The molecule has 1 aromatic rings. The lowest BCUT2D eigenvalue weighted by molar-refractivity contribution is -0.137. The maximum Gasteiger partial charge on any atom is 0.323 e. The SMILES string of the molecule is CC1C(=O)NC(=O)CN1C(=O)Nc1cc(Cl)ccc1Cl. The normalized spacial score (nSPS) is 18.8. The third-order valence-corrected chi connectivity index (χ3v) is 3.42. The maximum absolute atomic E-state index is 12.1. The summed E-state index contributed by atoms with van der Waals surface area (Å²) in [6.07, 6.45) is 0. The summed E-state index contributed by atoms with van der Waals surface area (Å²) >= 11 is 11.8. The lowest BCUT2D eigenvalue weighted by atomic mass is 10.2. The number of urea groups is 1. The summed E-state index contributed by atoms with van der Waals surface area (Å²) in [5, 5.41) is 5.40. The molecule has 1 aliphatic heterocycles. The Morgan fingerprint density at radius 1 is 1.40 bits per heavy atom. The second-order valence-electron chi connectivity index (χ2n) is 4.27. The van der Waals surface area contributed by atoms with Crippen molar-refractivity contribution in [3.05, 3.63) is 28.2 Å². The summed E-state index contributed by atoms with van der Waals surface area (Å²) in [6.45, 7) is 1.33. The molecule has 1 fully saturated rings. The van der Waals surface area contributed by atoms with Crippen molar-refractivity contribution in [2.75, 3.05) is 11.9 Å². The van der Waals surface area contributed by atoms with Gasteiger partial charge in [-0.1, -0.05) is 23.2 Å². The highest BCUT2D eigenvalue weighted by atomic mass is 35.5. The Morgan fingerprint density at radius 3 is 2.80 bits per heavy atom. The lowest BCUT2D eigenvalue weighted by Gasteiger charge is -2.31. The van der Waals surface area contributed by atoms with Gasteiger partial charge >= 0.3 is 6.03 Å². The summed E-state index contributed by atoms with van der Waals surface area (Å²) in [5.41, 5.74) is 0.315. The van der Waals surface area contributed by atoms with Crippen LogP contribution in [-0.2, 0) is 9.59 Å². The molecule has 1 saturated heterocycles. The predicted octanol–water partition coefficient (Wildman–Crippen LogP) is 1.87. The van der Waals surface area contributed by atoms with Crippen LogP contribution in [0, 0.1) is 0 Å². The highest BCUT2D eigenvalue weighted by Crippen LogP contribution is 2.26. The molecule has 1 atom stereocenters. The van der Waals surface area contributed by atoms with Crippen LogP contribution in [0.25, 0.3) is 0 Å². The van der Waals surface area contributed by atoms with E-state index in [9.17, 15) is 14.4 Å². The quantitative estimate of drug-likeness (QED) is 0.776. The Morgan fingerprint density at radius 2 is 2.10 bits per heavy atom. The van der Waals surface area contributed by atoms with Gasteiger partial charge < -0.3 is 10.2 Å². The summed E-state index contributed by atoms with van der Waals surface area (Å²) in [6, 6.07) is 3.27. The fraction of sp³-hybridized carbons (Fsp3) is 0.250. The van der Waals surface area contributed by atoms with E-state index in [2.05, 4.69) is 10.6 Å². The second-order valence-corrected chi connectivity index (χ2v) is 5.11. The molecule has 2 rings (SSSR count). The number of hydrogen-bond acceptors (Lipinski definition) is 3. The fourth-order valence-electron chi connectivity index (χ4n) is 1.74. The predicted molar refractivity (Wildman–Crippen MR) is 74.8 cm³/mol. The minimum absolute atomic E-state index is 0.197. The van der Waals surface area contributed by atoms with Crippen LogP contribution in [-0.4, -0.2) is 35.3 Å². The second kappa shape index (κ2) is 5.68. The Kier molecular flexibility index (Phi) is 4.15. The van der Waals surface area contributed by atoms with E-state index in [0.29, 0.717) is 15.7 Å². The summed E-state index contributed by atoms with van der Waals surface area (Å²) in [7, 11) is 0. The number of halogens is 2.